The Morgan fingerprint density at radius 3 is 2.16 bits per heavy atom. The second kappa shape index (κ2) is 6.01. The summed E-state index contributed by atoms with van der Waals surface area (Å²) in [7, 11) is 1.63. The molecule has 0 aliphatic carbocycles. The molecule has 96 valence electrons. The average Bonchev–Trinajstić information content (AvgIpc) is 2.46. The lowest BCUT2D eigenvalue weighted by atomic mass is 9.99. The van der Waals surface area contributed by atoms with Crippen molar-refractivity contribution in [3.8, 4) is 5.75 Å². The van der Waals surface area contributed by atoms with Gasteiger partial charge >= 0.3 is 0 Å². The predicted molar refractivity (Wildman–Crippen MR) is 78.0 cm³/mol. The summed E-state index contributed by atoms with van der Waals surface area (Å²) in [5, 5.41) is 0. The van der Waals surface area contributed by atoms with Gasteiger partial charge in [0.1, 0.15) is 5.75 Å². The van der Waals surface area contributed by atoms with Crippen LogP contribution in [0, 0.1) is 0 Å². The summed E-state index contributed by atoms with van der Waals surface area (Å²) in [6.45, 7) is 1.58. The molecule has 0 N–H and O–H groups in total. The van der Waals surface area contributed by atoms with Gasteiger partial charge in [0.15, 0.2) is 5.78 Å². The van der Waals surface area contributed by atoms with Gasteiger partial charge in [-0.1, -0.05) is 42.5 Å². The molecule has 0 heterocycles. The summed E-state index contributed by atoms with van der Waals surface area (Å²) in [4.78, 5) is 11.8. The quantitative estimate of drug-likeness (QED) is 0.610. The molecule has 2 nitrogen and oxygen atoms in total. The second-order valence-electron chi connectivity index (χ2n) is 4.25. The monoisotopic (exact) mass is 252 g/mol. The number of Topliss-reactive ketones (excluding diaryl/α,β-unsaturated/α-hetero) is 1. The summed E-state index contributed by atoms with van der Waals surface area (Å²) >= 11 is 0. The lowest BCUT2D eigenvalue weighted by molar-refractivity contribution is -0.111. The molecule has 19 heavy (non-hydrogen) atoms. The van der Waals surface area contributed by atoms with E-state index in [-0.39, 0.29) is 5.78 Å². The number of hydrogen-bond donors (Lipinski definition) is 0. The van der Waals surface area contributed by atoms with Crippen molar-refractivity contribution in [2.24, 2.45) is 0 Å². The first kappa shape index (κ1) is 13.1. The van der Waals surface area contributed by atoms with Gasteiger partial charge in [-0.3, -0.25) is 4.79 Å². The van der Waals surface area contributed by atoms with Crippen molar-refractivity contribution in [1.29, 1.82) is 0 Å². The van der Waals surface area contributed by atoms with E-state index in [0.717, 1.165) is 16.9 Å². The minimum Gasteiger partial charge on any atom is -0.497 e. The number of methoxy groups -OCH3 is 1. The van der Waals surface area contributed by atoms with Gasteiger partial charge in [0.25, 0.3) is 0 Å². The van der Waals surface area contributed by atoms with Crippen LogP contribution in [0.4, 0.5) is 0 Å². The molecule has 0 aromatic heterocycles. The van der Waals surface area contributed by atoms with E-state index >= 15 is 0 Å². The number of rotatable bonds is 4. The molecular formula is C17H16O2. The van der Waals surface area contributed by atoms with Crippen molar-refractivity contribution in [3.63, 3.8) is 0 Å². The summed E-state index contributed by atoms with van der Waals surface area (Å²) in [6.07, 6.45) is 1.91. The van der Waals surface area contributed by atoms with Gasteiger partial charge in [-0.2, -0.15) is 0 Å². The molecule has 0 spiro atoms. The van der Waals surface area contributed by atoms with E-state index in [4.69, 9.17) is 4.74 Å². The number of carbonyl (C=O) groups excluding carboxylic acids is 1. The van der Waals surface area contributed by atoms with Crippen LogP contribution in [0.3, 0.4) is 0 Å². The lowest BCUT2D eigenvalue weighted by Gasteiger charge is -2.06. The average molecular weight is 252 g/mol. The maximum absolute atomic E-state index is 11.8. The van der Waals surface area contributed by atoms with Crippen LogP contribution in [-0.4, -0.2) is 12.9 Å². The van der Waals surface area contributed by atoms with Gasteiger partial charge in [-0.15, -0.1) is 0 Å². The standard InChI is InChI=1S/C17H16O2/c1-13(18)17(12-14-6-4-3-5-7-14)15-8-10-16(19-2)11-9-15/h3-12H,1-2H3. The van der Waals surface area contributed by atoms with Gasteiger partial charge in [0.2, 0.25) is 0 Å². The Morgan fingerprint density at radius 2 is 1.63 bits per heavy atom. The molecule has 0 fully saturated rings. The maximum atomic E-state index is 11.8. The van der Waals surface area contributed by atoms with Gasteiger partial charge in [-0.05, 0) is 36.3 Å². The highest BCUT2D eigenvalue weighted by molar-refractivity contribution is 6.24. The Kier molecular flexibility index (Phi) is 4.14. The Balaban J connectivity index is 2.40. The fourth-order valence-electron chi connectivity index (χ4n) is 1.87. The molecule has 2 heteroatoms. The van der Waals surface area contributed by atoms with Crippen LogP contribution in [-0.2, 0) is 4.79 Å². The number of carbonyl (C=O) groups is 1. The van der Waals surface area contributed by atoms with Gasteiger partial charge in [0.05, 0.1) is 7.11 Å². The summed E-state index contributed by atoms with van der Waals surface area (Å²) in [5.41, 5.74) is 2.62. The molecule has 0 radical (unpaired) electrons. The lowest BCUT2D eigenvalue weighted by Crippen LogP contribution is -1.96. The summed E-state index contributed by atoms with van der Waals surface area (Å²) in [5.74, 6) is 0.834. The molecule has 0 bridgehead atoms. The van der Waals surface area contributed by atoms with Crippen LogP contribution in [0.1, 0.15) is 18.1 Å². The Hall–Kier alpha value is -2.35. The van der Waals surface area contributed by atoms with E-state index in [2.05, 4.69) is 0 Å². The number of benzene rings is 2. The van der Waals surface area contributed by atoms with Crippen LogP contribution >= 0.6 is 0 Å². The summed E-state index contributed by atoms with van der Waals surface area (Å²) in [6, 6.07) is 17.3. The van der Waals surface area contributed by atoms with E-state index in [0.29, 0.717) is 5.57 Å². The van der Waals surface area contributed by atoms with Gasteiger partial charge in [-0.25, -0.2) is 0 Å². The van der Waals surface area contributed by atoms with Gasteiger partial charge < -0.3 is 4.74 Å². The second-order valence-corrected chi connectivity index (χ2v) is 4.25. The number of hydrogen-bond acceptors (Lipinski definition) is 2. The zero-order valence-corrected chi connectivity index (χ0v) is 11.1. The van der Waals surface area contributed by atoms with Crippen LogP contribution in [0.5, 0.6) is 5.75 Å². The molecule has 0 saturated heterocycles. The highest BCUT2D eigenvalue weighted by atomic mass is 16.5. The van der Waals surface area contributed by atoms with Crippen LogP contribution < -0.4 is 4.74 Å². The SMILES string of the molecule is COc1ccc(C(=Cc2ccccc2)C(C)=O)cc1. The van der Waals surface area contributed by atoms with Crippen molar-refractivity contribution >= 4 is 17.4 Å². The molecule has 0 saturated carbocycles. The molecule has 2 aromatic carbocycles. The first-order valence-corrected chi connectivity index (χ1v) is 6.13. The smallest absolute Gasteiger partial charge is 0.160 e. The number of allylic oxidation sites excluding steroid dienone is 1. The van der Waals surface area contributed by atoms with Crippen LogP contribution in [0.15, 0.2) is 54.6 Å². The molecule has 2 rings (SSSR count). The van der Waals surface area contributed by atoms with Crippen LogP contribution in [0.25, 0.3) is 11.6 Å². The van der Waals surface area contributed by atoms with E-state index in [1.54, 1.807) is 14.0 Å². The third-order valence-corrected chi connectivity index (χ3v) is 2.89. The highest BCUT2D eigenvalue weighted by Crippen LogP contribution is 2.22. The predicted octanol–water partition coefficient (Wildman–Crippen LogP) is 3.82. The molecule has 0 amide bonds. The maximum Gasteiger partial charge on any atom is 0.160 e. The number of ether oxygens (including phenoxy) is 1. The fourth-order valence-corrected chi connectivity index (χ4v) is 1.87. The van der Waals surface area contributed by atoms with Crippen molar-refractivity contribution in [3.05, 3.63) is 65.7 Å². The van der Waals surface area contributed by atoms with Gasteiger partial charge in [0, 0.05) is 5.57 Å². The zero-order chi connectivity index (χ0) is 13.7. The highest BCUT2D eigenvalue weighted by Gasteiger charge is 2.07. The van der Waals surface area contributed by atoms with Crippen molar-refractivity contribution < 1.29 is 9.53 Å². The minimum atomic E-state index is 0.0500. The van der Waals surface area contributed by atoms with E-state index in [9.17, 15) is 4.79 Å². The Bertz CT molecular complexity index is 580. The first-order valence-electron chi connectivity index (χ1n) is 6.13. The first-order chi connectivity index (χ1) is 9.20. The molecule has 0 unspecified atom stereocenters. The normalized spacial score (nSPS) is 11.2. The fraction of sp³-hybridized carbons (Fsp3) is 0.118. The topological polar surface area (TPSA) is 26.3 Å². The Morgan fingerprint density at radius 1 is 1.00 bits per heavy atom. The molecule has 0 aliphatic rings. The van der Waals surface area contributed by atoms with E-state index in [1.165, 1.54) is 0 Å². The number of ketones is 1. The third-order valence-electron chi connectivity index (χ3n) is 2.89. The molecule has 0 atom stereocenters. The van der Waals surface area contributed by atoms with Crippen LogP contribution in [0.2, 0.25) is 0 Å². The summed E-state index contributed by atoms with van der Waals surface area (Å²) < 4.78 is 5.12. The molecule has 0 aliphatic heterocycles. The van der Waals surface area contributed by atoms with Crippen molar-refractivity contribution in [1.82, 2.24) is 0 Å². The Labute approximate surface area is 113 Å². The van der Waals surface area contributed by atoms with E-state index in [1.807, 2.05) is 60.7 Å². The largest absolute Gasteiger partial charge is 0.497 e. The minimum absolute atomic E-state index is 0.0500. The molecular weight excluding hydrogens is 236 g/mol. The molecule has 2 aromatic rings. The van der Waals surface area contributed by atoms with Crippen molar-refractivity contribution in [2.75, 3.05) is 7.11 Å². The van der Waals surface area contributed by atoms with Crippen molar-refractivity contribution in [2.45, 2.75) is 6.92 Å². The van der Waals surface area contributed by atoms with E-state index < -0.39 is 0 Å². The third kappa shape index (κ3) is 3.32. The zero-order valence-electron chi connectivity index (χ0n) is 11.1.